The van der Waals surface area contributed by atoms with Crippen LogP contribution in [-0.2, 0) is 0 Å². The number of carbonyl (C=O) groups is 1. The van der Waals surface area contributed by atoms with Crippen LogP contribution in [0.4, 0.5) is 10.2 Å². The van der Waals surface area contributed by atoms with Crippen LogP contribution in [0, 0.1) is 5.82 Å². The number of anilines is 1. The molecule has 1 amide bonds. The quantitative estimate of drug-likeness (QED) is 0.822. The smallest absolute Gasteiger partial charge is 0.268 e. The van der Waals surface area contributed by atoms with Gasteiger partial charge in [0.2, 0.25) is 0 Å². The summed E-state index contributed by atoms with van der Waals surface area (Å²) in [6, 6.07) is 8.90. The molecule has 17 heavy (non-hydrogen) atoms. The molecule has 0 aliphatic carbocycles. The Balaban J connectivity index is 2.58. The van der Waals surface area contributed by atoms with Gasteiger partial charge in [0.25, 0.3) is 5.91 Å². The topological polar surface area (TPSA) is 82.0 Å². The van der Waals surface area contributed by atoms with E-state index in [2.05, 4.69) is 4.98 Å². The zero-order valence-corrected chi connectivity index (χ0v) is 8.85. The molecule has 4 nitrogen and oxygen atoms in total. The molecule has 1 aromatic heterocycles. The van der Waals surface area contributed by atoms with Gasteiger partial charge in [0.1, 0.15) is 17.3 Å². The molecule has 0 bridgehead atoms. The van der Waals surface area contributed by atoms with Crippen molar-refractivity contribution < 1.29 is 9.18 Å². The van der Waals surface area contributed by atoms with Crippen molar-refractivity contribution in [1.29, 1.82) is 0 Å². The van der Waals surface area contributed by atoms with E-state index in [9.17, 15) is 9.18 Å². The van der Waals surface area contributed by atoms with Gasteiger partial charge in [-0.05, 0) is 29.8 Å². The van der Waals surface area contributed by atoms with Gasteiger partial charge in [-0.2, -0.15) is 0 Å². The molecule has 1 aromatic carbocycles. The number of aromatic nitrogens is 1. The summed E-state index contributed by atoms with van der Waals surface area (Å²) in [6.45, 7) is 0. The number of benzene rings is 1. The zero-order chi connectivity index (χ0) is 12.4. The maximum absolute atomic E-state index is 12.8. The van der Waals surface area contributed by atoms with Gasteiger partial charge in [-0.1, -0.05) is 12.1 Å². The van der Waals surface area contributed by atoms with Crippen LogP contribution >= 0.6 is 0 Å². The van der Waals surface area contributed by atoms with Crippen LogP contribution in [-0.4, -0.2) is 10.9 Å². The van der Waals surface area contributed by atoms with Crippen LogP contribution in [0.1, 0.15) is 10.5 Å². The van der Waals surface area contributed by atoms with E-state index < -0.39 is 5.91 Å². The molecule has 0 unspecified atom stereocenters. The fraction of sp³-hybridized carbons (Fsp3) is 0. The average molecular weight is 231 g/mol. The van der Waals surface area contributed by atoms with Gasteiger partial charge in [-0.3, -0.25) is 4.79 Å². The van der Waals surface area contributed by atoms with Crippen LogP contribution < -0.4 is 11.5 Å². The Morgan fingerprint density at radius 3 is 2.35 bits per heavy atom. The number of pyridine rings is 1. The maximum atomic E-state index is 12.8. The van der Waals surface area contributed by atoms with Gasteiger partial charge in [-0.15, -0.1) is 0 Å². The number of nitrogen functional groups attached to an aromatic ring is 1. The van der Waals surface area contributed by atoms with Crippen molar-refractivity contribution in [1.82, 2.24) is 4.98 Å². The number of nitrogens with two attached hydrogens (primary N) is 2. The van der Waals surface area contributed by atoms with E-state index in [0.717, 1.165) is 0 Å². The summed E-state index contributed by atoms with van der Waals surface area (Å²) < 4.78 is 12.8. The minimum atomic E-state index is -0.670. The molecule has 0 saturated carbocycles. The Morgan fingerprint density at radius 2 is 1.76 bits per heavy atom. The molecule has 4 N–H and O–H groups in total. The third-order valence-electron chi connectivity index (χ3n) is 2.31. The molecular formula is C12H10FN3O. The Labute approximate surface area is 97.1 Å². The average Bonchev–Trinajstić information content (AvgIpc) is 2.30. The molecule has 1 heterocycles. The second kappa shape index (κ2) is 4.21. The van der Waals surface area contributed by atoms with Crippen molar-refractivity contribution in [3.05, 3.63) is 47.9 Å². The molecule has 0 radical (unpaired) electrons. The highest BCUT2D eigenvalue weighted by molar-refractivity contribution is 5.98. The number of primary amides is 1. The fourth-order valence-electron chi connectivity index (χ4n) is 1.52. The van der Waals surface area contributed by atoms with Crippen LogP contribution in [0.25, 0.3) is 11.1 Å². The molecule has 0 aliphatic heterocycles. The molecule has 2 rings (SSSR count). The summed E-state index contributed by atoms with van der Waals surface area (Å²) in [5.74, 6) is -0.806. The highest BCUT2D eigenvalue weighted by Gasteiger charge is 2.12. The fourth-order valence-corrected chi connectivity index (χ4v) is 1.52. The van der Waals surface area contributed by atoms with Crippen molar-refractivity contribution in [3.63, 3.8) is 0 Å². The van der Waals surface area contributed by atoms with E-state index in [-0.39, 0.29) is 17.3 Å². The van der Waals surface area contributed by atoms with Gasteiger partial charge < -0.3 is 11.5 Å². The number of hydrogen-bond donors (Lipinski definition) is 2. The molecule has 86 valence electrons. The highest BCUT2D eigenvalue weighted by Crippen LogP contribution is 2.23. The molecule has 0 aliphatic rings. The van der Waals surface area contributed by atoms with Crippen LogP contribution in [0.3, 0.4) is 0 Å². The predicted molar refractivity (Wildman–Crippen MR) is 62.6 cm³/mol. The molecule has 5 heteroatoms. The van der Waals surface area contributed by atoms with E-state index >= 15 is 0 Å². The standard InChI is InChI=1S/C12H10FN3O/c13-8-3-1-7(2-4-8)9-5-6-10(14)16-11(9)12(15)17/h1-6H,(H2,14,16)(H2,15,17). The van der Waals surface area contributed by atoms with Crippen LogP contribution in [0.15, 0.2) is 36.4 Å². The minimum absolute atomic E-state index is 0.0802. The largest absolute Gasteiger partial charge is 0.384 e. The molecule has 0 saturated heterocycles. The van der Waals surface area contributed by atoms with Crippen molar-refractivity contribution in [2.24, 2.45) is 5.73 Å². The number of hydrogen-bond acceptors (Lipinski definition) is 3. The van der Waals surface area contributed by atoms with Crippen LogP contribution in [0.5, 0.6) is 0 Å². The first kappa shape index (κ1) is 11.1. The summed E-state index contributed by atoms with van der Waals surface area (Å²) in [5, 5.41) is 0. The number of halogens is 1. The van der Waals surface area contributed by atoms with E-state index in [4.69, 9.17) is 11.5 Å². The molecule has 0 fully saturated rings. The Kier molecular flexibility index (Phi) is 2.74. The number of carbonyl (C=O) groups excluding carboxylic acids is 1. The zero-order valence-electron chi connectivity index (χ0n) is 8.85. The van der Waals surface area contributed by atoms with Crippen molar-refractivity contribution in [2.45, 2.75) is 0 Å². The molecule has 0 atom stereocenters. The molecule has 2 aromatic rings. The first-order valence-electron chi connectivity index (χ1n) is 4.90. The highest BCUT2D eigenvalue weighted by atomic mass is 19.1. The second-order valence-corrected chi connectivity index (χ2v) is 3.50. The van der Waals surface area contributed by atoms with Gasteiger partial charge in [0, 0.05) is 5.56 Å². The number of nitrogens with zero attached hydrogens (tertiary/aromatic N) is 1. The Morgan fingerprint density at radius 1 is 1.12 bits per heavy atom. The minimum Gasteiger partial charge on any atom is -0.384 e. The summed E-state index contributed by atoms with van der Waals surface area (Å²) in [7, 11) is 0. The third-order valence-corrected chi connectivity index (χ3v) is 2.31. The summed E-state index contributed by atoms with van der Waals surface area (Å²) in [4.78, 5) is 15.1. The molecular weight excluding hydrogens is 221 g/mol. The van der Waals surface area contributed by atoms with Crippen molar-refractivity contribution in [3.8, 4) is 11.1 Å². The summed E-state index contributed by atoms with van der Waals surface area (Å²) in [5.41, 5.74) is 12.0. The van der Waals surface area contributed by atoms with E-state index in [0.29, 0.717) is 11.1 Å². The predicted octanol–water partition coefficient (Wildman–Crippen LogP) is 1.57. The van der Waals surface area contributed by atoms with Crippen LogP contribution in [0.2, 0.25) is 0 Å². The van der Waals surface area contributed by atoms with E-state index in [1.165, 1.54) is 12.1 Å². The first-order chi connectivity index (χ1) is 8.08. The van der Waals surface area contributed by atoms with Gasteiger partial charge in [0.05, 0.1) is 0 Å². The Bertz CT molecular complexity index is 566. The van der Waals surface area contributed by atoms with E-state index in [1.54, 1.807) is 24.3 Å². The SMILES string of the molecule is NC(=O)c1nc(N)ccc1-c1ccc(F)cc1. The number of amides is 1. The summed E-state index contributed by atoms with van der Waals surface area (Å²) in [6.07, 6.45) is 0. The van der Waals surface area contributed by atoms with Crippen molar-refractivity contribution >= 4 is 11.7 Å². The summed E-state index contributed by atoms with van der Waals surface area (Å²) >= 11 is 0. The number of rotatable bonds is 2. The first-order valence-corrected chi connectivity index (χ1v) is 4.90. The lowest BCUT2D eigenvalue weighted by Crippen LogP contribution is -2.15. The lowest BCUT2D eigenvalue weighted by molar-refractivity contribution is 0.0996. The molecule has 0 spiro atoms. The van der Waals surface area contributed by atoms with Gasteiger partial charge >= 0.3 is 0 Å². The van der Waals surface area contributed by atoms with Gasteiger partial charge in [-0.25, -0.2) is 9.37 Å². The van der Waals surface area contributed by atoms with E-state index in [1.807, 2.05) is 0 Å². The monoisotopic (exact) mass is 231 g/mol. The Hall–Kier alpha value is -2.43. The van der Waals surface area contributed by atoms with Gasteiger partial charge in [0.15, 0.2) is 0 Å². The van der Waals surface area contributed by atoms with Crippen molar-refractivity contribution in [2.75, 3.05) is 5.73 Å². The third kappa shape index (κ3) is 2.23. The normalized spacial score (nSPS) is 10.2. The maximum Gasteiger partial charge on any atom is 0.268 e. The lowest BCUT2D eigenvalue weighted by Gasteiger charge is -2.06. The second-order valence-electron chi connectivity index (χ2n) is 3.50. The lowest BCUT2D eigenvalue weighted by atomic mass is 10.0.